The minimum atomic E-state index is 0. The molecule has 1 aromatic carbocycles. The molecule has 0 saturated carbocycles. The van der Waals surface area contributed by atoms with Crippen LogP contribution in [0.15, 0.2) is 30.3 Å². The minimum absolute atomic E-state index is 0. The summed E-state index contributed by atoms with van der Waals surface area (Å²) >= 11 is 0. The van der Waals surface area contributed by atoms with Gasteiger partial charge in [0.1, 0.15) is 0 Å². The van der Waals surface area contributed by atoms with Gasteiger partial charge in [-0.2, -0.15) is 0 Å². The van der Waals surface area contributed by atoms with Crippen molar-refractivity contribution in [3.63, 3.8) is 0 Å². The molecule has 69 valence electrons. The molecule has 0 aliphatic carbocycles. The Bertz CT molecular complexity index is 151. The fourth-order valence-corrected chi connectivity index (χ4v) is 0.714. The summed E-state index contributed by atoms with van der Waals surface area (Å²) in [6.07, 6.45) is 1.14. The van der Waals surface area contributed by atoms with Gasteiger partial charge in [-0.05, 0) is 12.0 Å². The van der Waals surface area contributed by atoms with Crippen molar-refractivity contribution in [3.8, 4) is 0 Å². The van der Waals surface area contributed by atoms with Crippen LogP contribution in [0, 0.1) is 0 Å². The normalized spacial score (nSPS) is 6.64. The Morgan fingerprint density at radius 1 is 1.09 bits per heavy atom. The van der Waals surface area contributed by atoms with Crippen molar-refractivity contribution in [2.45, 2.75) is 20.8 Å². The summed E-state index contributed by atoms with van der Waals surface area (Å²) in [7, 11) is 0. The Kier molecular flexibility index (Phi) is 15.5. The zero-order valence-corrected chi connectivity index (χ0v) is 7.58. The first-order valence-corrected chi connectivity index (χ1v) is 2.97. The van der Waals surface area contributed by atoms with E-state index in [2.05, 4.69) is 31.2 Å². The van der Waals surface area contributed by atoms with Gasteiger partial charge in [0, 0.05) is 22.4 Å². The number of hydrogen-bond acceptors (Lipinski definition) is 1. The molecule has 0 aliphatic heterocycles. The average molecular weight is 247 g/mol. The first kappa shape index (κ1) is 17.1. The summed E-state index contributed by atoms with van der Waals surface area (Å²) in [5.74, 6) is 0. The molecule has 0 aromatic heterocycles. The molecule has 0 spiro atoms. The second-order valence-electron chi connectivity index (χ2n) is 1.84. The van der Waals surface area contributed by atoms with Crippen LogP contribution in [0.3, 0.4) is 0 Å². The van der Waals surface area contributed by atoms with Crippen molar-refractivity contribution < 1.29 is 22.4 Å². The fraction of sp³-hybridized carbons (Fsp3) is 0.333. The monoisotopic (exact) mass is 246 g/mol. The zero-order valence-electron chi connectivity index (χ0n) is 6.10. The van der Waals surface area contributed by atoms with Crippen LogP contribution in [-0.4, -0.2) is 0 Å². The van der Waals surface area contributed by atoms with Crippen LogP contribution in [-0.2, 0) is 28.8 Å². The van der Waals surface area contributed by atoms with E-state index in [-0.39, 0.29) is 36.0 Å². The van der Waals surface area contributed by atoms with Crippen LogP contribution in [0.2, 0.25) is 0 Å². The quantitative estimate of drug-likeness (QED) is 0.760. The van der Waals surface area contributed by atoms with E-state index in [1.165, 1.54) is 5.56 Å². The first-order chi connectivity index (χ1) is 3.93. The van der Waals surface area contributed by atoms with Crippen molar-refractivity contribution in [1.82, 2.24) is 6.15 Å². The maximum atomic E-state index is 2.16. The summed E-state index contributed by atoms with van der Waals surface area (Å²) in [6.45, 7) is 2.16. The van der Waals surface area contributed by atoms with Crippen LogP contribution >= 0.6 is 0 Å². The van der Waals surface area contributed by atoms with Gasteiger partial charge in [0.15, 0.2) is 0 Å². The van der Waals surface area contributed by atoms with Crippen molar-refractivity contribution in [3.05, 3.63) is 35.9 Å². The van der Waals surface area contributed by atoms with Crippen LogP contribution < -0.4 is 6.15 Å². The number of benzene rings is 1. The van der Waals surface area contributed by atoms with Crippen LogP contribution in [0.5, 0.6) is 0 Å². The van der Waals surface area contributed by atoms with Crippen molar-refractivity contribution in [2.75, 3.05) is 0 Å². The summed E-state index contributed by atoms with van der Waals surface area (Å²) < 4.78 is 0. The van der Waals surface area contributed by atoms with Gasteiger partial charge in [-0.1, -0.05) is 44.7 Å². The molecule has 0 unspecified atom stereocenters. The maximum absolute atomic E-state index is 2.16. The number of aryl methyl sites for hydroxylation is 1. The largest absolute Gasteiger partial charge is 0.344 e. The van der Waals surface area contributed by atoms with Gasteiger partial charge in [0.2, 0.25) is 0 Å². The Morgan fingerprint density at radius 3 is 1.82 bits per heavy atom. The topological polar surface area (TPSA) is 35.0 Å². The molecular weight excluding hydrogens is 230 g/mol. The van der Waals surface area contributed by atoms with Gasteiger partial charge in [0.05, 0.1) is 0 Å². The molecule has 0 saturated heterocycles. The predicted octanol–water partition coefficient (Wildman–Crippen LogP) is 3.04. The molecular formula is C9H17AgN. The second-order valence-corrected chi connectivity index (χ2v) is 1.84. The summed E-state index contributed by atoms with van der Waals surface area (Å²) in [6, 6.07) is 10.5. The Morgan fingerprint density at radius 2 is 1.55 bits per heavy atom. The van der Waals surface area contributed by atoms with Gasteiger partial charge >= 0.3 is 0 Å². The molecule has 0 atom stereocenters. The molecule has 0 bridgehead atoms. The van der Waals surface area contributed by atoms with Crippen LogP contribution in [0.4, 0.5) is 0 Å². The third kappa shape index (κ3) is 6.32. The molecule has 3 N–H and O–H groups in total. The summed E-state index contributed by atoms with van der Waals surface area (Å²) in [5, 5.41) is 0. The fourth-order valence-electron chi connectivity index (χ4n) is 0.714. The molecule has 0 heterocycles. The van der Waals surface area contributed by atoms with E-state index < -0.39 is 0 Å². The second kappa shape index (κ2) is 9.92. The molecule has 0 aliphatic rings. The maximum Gasteiger partial charge on any atom is 0 e. The molecule has 0 amide bonds. The Hall–Kier alpha value is -0.0797. The average Bonchev–Trinajstić information content (AvgIpc) is 1.90. The SMILES string of the molecule is C.CCc1ccccc1.N.[Ag]. The summed E-state index contributed by atoms with van der Waals surface area (Å²) in [5.41, 5.74) is 1.41. The Balaban J connectivity index is -0.000000213. The Labute approximate surface area is 85.3 Å². The van der Waals surface area contributed by atoms with Gasteiger partial charge in [-0.25, -0.2) is 0 Å². The number of hydrogen-bond donors (Lipinski definition) is 1. The van der Waals surface area contributed by atoms with Crippen molar-refractivity contribution >= 4 is 0 Å². The molecule has 11 heavy (non-hydrogen) atoms. The minimum Gasteiger partial charge on any atom is -0.344 e. The van der Waals surface area contributed by atoms with Gasteiger partial charge in [0.25, 0.3) is 0 Å². The molecule has 2 heteroatoms. The summed E-state index contributed by atoms with van der Waals surface area (Å²) in [4.78, 5) is 0. The molecule has 0 fully saturated rings. The van der Waals surface area contributed by atoms with Gasteiger partial charge in [-0.15, -0.1) is 0 Å². The van der Waals surface area contributed by atoms with E-state index in [4.69, 9.17) is 0 Å². The molecule has 1 radical (unpaired) electrons. The van der Waals surface area contributed by atoms with E-state index in [0.29, 0.717) is 0 Å². The first-order valence-electron chi connectivity index (χ1n) is 2.97. The smallest absolute Gasteiger partial charge is 0 e. The van der Waals surface area contributed by atoms with Crippen LogP contribution in [0.1, 0.15) is 19.9 Å². The van der Waals surface area contributed by atoms with E-state index in [0.717, 1.165) is 6.42 Å². The molecule has 1 rings (SSSR count). The van der Waals surface area contributed by atoms with E-state index >= 15 is 0 Å². The van der Waals surface area contributed by atoms with Crippen molar-refractivity contribution in [1.29, 1.82) is 0 Å². The zero-order chi connectivity index (χ0) is 5.82. The van der Waals surface area contributed by atoms with Gasteiger partial charge in [-0.3, -0.25) is 0 Å². The third-order valence-corrected chi connectivity index (χ3v) is 1.25. The van der Waals surface area contributed by atoms with Gasteiger partial charge < -0.3 is 6.15 Å². The third-order valence-electron chi connectivity index (χ3n) is 1.25. The van der Waals surface area contributed by atoms with E-state index in [9.17, 15) is 0 Å². The van der Waals surface area contributed by atoms with Crippen molar-refractivity contribution in [2.24, 2.45) is 0 Å². The molecule has 1 aromatic rings. The van der Waals surface area contributed by atoms with E-state index in [1.807, 2.05) is 6.07 Å². The van der Waals surface area contributed by atoms with E-state index in [1.54, 1.807) is 0 Å². The standard InChI is InChI=1S/C8H10.CH4.Ag.H3N/c1-2-8-6-4-3-5-7-8;;;/h3-7H,2H2,1H3;1H4;;1H3. The van der Waals surface area contributed by atoms with Crippen LogP contribution in [0.25, 0.3) is 0 Å². The number of rotatable bonds is 1. The molecule has 1 nitrogen and oxygen atoms in total. The predicted molar refractivity (Wildman–Crippen MR) is 47.6 cm³/mol.